The lowest BCUT2D eigenvalue weighted by atomic mass is 10.2. The van der Waals surface area contributed by atoms with Gasteiger partial charge in [0, 0.05) is 26.0 Å². The average molecular weight is 401 g/mol. The van der Waals surface area contributed by atoms with E-state index in [2.05, 4.69) is 10.6 Å². The number of benzene rings is 2. The van der Waals surface area contributed by atoms with Crippen molar-refractivity contribution < 1.29 is 17.6 Å². The zero-order valence-electron chi connectivity index (χ0n) is 16.0. The highest BCUT2D eigenvalue weighted by atomic mass is 32.2. The van der Waals surface area contributed by atoms with E-state index in [0.29, 0.717) is 11.3 Å². The van der Waals surface area contributed by atoms with Gasteiger partial charge in [-0.3, -0.25) is 0 Å². The van der Waals surface area contributed by atoms with Crippen molar-refractivity contribution in [3.63, 3.8) is 0 Å². The number of rotatable bonds is 6. The molecule has 1 heterocycles. The van der Waals surface area contributed by atoms with Gasteiger partial charge in [0.05, 0.1) is 10.9 Å². The van der Waals surface area contributed by atoms with E-state index >= 15 is 0 Å². The number of sulfonamides is 1. The predicted molar refractivity (Wildman–Crippen MR) is 107 cm³/mol. The van der Waals surface area contributed by atoms with E-state index in [9.17, 15) is 13.2 Å². The van der Waals surface area contributed by atoms with E-state index in [-0.39, 0.29) is 17.5 Å². The molecule has 3 rings (SSSR count). The molecule has 0 saturated carbocycles. The van der Waals surface area contributed by atoms with Crippen molar-refractivity contribution in [1.29, 1.82) is 0 Å². The number of furan rings is 1. The number of amides is 2. The summed E-state index contributed by atoms with van der Waals surface area (Å²) in [5.41, 5.74) is 1.28. The van der Waals surface area contributed by atoms with Gasteiger partial charge in [-0.25, -0.2) is 17.5 Å². The van der Waals surface area contributed by atoms with Crippen LogP contribution in [0.15, 0.2) is 63.9 Å². The van der Waals surface area contributed by atoms with Crippen LogP contribution in [-0.4, -0.2) is 32.8 Å². The van der Waals surface area contributed by atoms with Gasteiger partial charge in [-0.05, 0) is 30.7 Å². The lowest BCUT2D eigenvalue weighted by Crippen LogP contribution is -2.37. The largest absolute Gasteiger partial charge is 0.459 e. The number of hydrogen-bond acceptors (Lipinski definition) is 4. The molecule has 0 bridgehead atoms. The molecule has 1 aromatic heterocycles. The Balaban J connectivity index is 1.66. The quantitative estimate of drug-likeness (QED) is 0.663. The summed E-state index contributed by atoms with van der Waals surface area (Å²) in [5, 5.41) is 6.48. The molecule has 0 aliphatic carbocycles. The van der Waals surface area contributed by atoms with Crippen molar-refractivity contribution in [1.82, 2.24) is 14.9 Å². The van der Waals surface area contributed by atoms with Gasteiger partial charge in [-0.2, -0.15) is 0 Å². The van der Waals surface area contributed by atoms with Crippen molar-refractivity contribution in [3.8, 4) is 0 Å². The van der Waals surface area contributed by atoms with Crippen molar-refractivity contribution in [2.24, 2.45) is 0 Å². The Morgan fingerprint density at radius 2 is 1.79 bits per heavy atom. The minimum absolute atomic E-state index is 0.0852. The fourth-order valence-electron chi connectivity index (χ4n) is 2.81. The molecule has 0 fully saturated rings. The fourth-order valence-corrected chi connectivity index (χ4v) is 3.92. The first-order valence-electron chi connectivity index (χ1n) is 8.82. The summed E-state index contributed by atoms with van der Waals surface area (Å²) in [6.45, 7) is 1.91. The van der Waals surface area contributed by atoms with Gasteiger partial charge >= 0.3 is 6.03 Å². The van der Waals surface area contributed by atoms with Crippen LogP contribution in [0.2, 0.25) is 0 Å². The molecule has 8 heteroatoms. The molecular formula is C20H23N3O4S. The highest BCUT2D eigenvalue weighted by Crippen LogP contribution is 2.23. The van der Waals surface area contributed by atoms with Crippen LogP contribution in [-0.2, 0) is 16.6 Å². The SMILES string of the molecule is CC(NC(=O)NCc1ccccc1S(=O)(=O)N(C)C)c1cc2ccccc2o1. The Bertz CT molecular complexity index is 1060. The smallest absolute Gasteiger partial charge is 0.315 e. The maximum Gasteiger partial charge on any atom is 0.315 e. The molecule has 1 unspecified atom stereocenters. The maximum absolute atomic E-state index is 12.4. The third-order valence-electron chi connectivity index (χ3n) is 4.39. The van der Waals surface area contributed by atoms with Crippen LogP contribution in [0.25, 0.3) is 11.0 Å². The minimum atomic E-state index is -3.59. The Morgan fingerprint density at radius 3 is 2.50 bits per heavy atom. The summed E-state index contributed by atoms with van der Waals surface area (Å²) in [7, 11) is -0.643. The average Bonchev–Trinajstić information content (AvgIpc) is 3.11. The lowest BCUT2D eigenvalue weighted by Gasteiger charge is -2.16. The molecule has 0 spiro atoms. The zero-order chi connectivity index (χ0) is 20.3. The second kappa shape index (κ2) is 8.04. The number of urea groups is 1. The van der Waals surface area contributed by atoms with Gasteiger partial charge in [0.2, 0.25) is 10.0 Å². The van der Waals surface area contributed by atoms with Crippen LogP contribution < -0.4 is 10.6 Å². The molecule has 2 aromatic carbocycles. The zero-order valence-corrected chi connectivity index (χ0v) is 16.8. The van der Waals surface area contributed by atoms with E-state index in [1.807, 2.05) is 37.3 Å². The second-order valence-corrected chi connectivity index (χ2v) is 8.75. The summed E-state index contributed by atoms with van der Waals surface area (Å²) >= 11 is 0. The summed E-state index contributed by atoms with van der Waals surface area (Å²) in [6.07, 6.45) is 0. The molecule has 3 aromatic rings. The fraction of sp³-hybridized carbons (Fsp3) is 0.250. The Hall–Kier alpha value is -2.84. The monoisotopic (exact) mass is 401 g/mol. The molecule has 1 atom stereocenters. The minimum Gasteiger partial charge on any atom is -0.459 e. The third-order valence-corrected chi connectivity index (χ3v) is 6.31. The molecule has 7 nitrogen and oxygen atoms in total. The van der Waals surface area contributed by atoms with E-state index in [0.717, 1.165) is 15.3 Å². The number of carbonyl (C=O) groups is 1. The predicted octanol–water partition coefficient (Wildman–Crippen LogP) is 3.24. The normalized spacial score (nSPS) is 12.9. The van der Waals surface area contributed by atoms with Gasteiger partial charge in [0.1, 0.15) is 11.3 Å². The van der Waals surface area contributed by atoms with Crippen LogP contribution in [0.4, 0.5) is 4.79 Å². The van der Waals surface area contributed by atoms with Gasteiger partial charge < -0.3 is 15.1 Å². The first kappa shape index (κ1) is 19.9. The molecule has 28 heavy (non-hydrogen) atoms. The van der Waals surface area contributed by atoms with Crippen molar-refractivity contribution in [3.05, 3.63) is 65.9 Å². The molecule has 2 amide bonds. The number of carbonyl (C=O) groups excluding carboxylic acids is 1. The van der Waals surface area contributed by atoms with E-state index in [1.54, 1.807) is 18.2 Å². The van der Waals surface area contributed by atoms with Crippen LogP contribution >= 0.6 is 0 Å². The van der Waals surface area contributed by atoms with Crippen LogP contribution in [0.1, 0.15) is 24.3 Å². The summed E-state index contributed by atoms with van der Waals surface area (Å²) in [5.74, 6) is 0.645. The number of nitrogens with zero attached hydrogens (tertiary/aromatic N) is 1. The Kier molecular flexibility index (Phi) is 5.71. The number of hydrogen-bond donors (Lipinski definition) is 2. The number of para-hydroxylation sites is 1. The van der Waals surface area contributed by atoms with Crippen LogP contribution in [0.5, 0.6) is 0 Å². The standard InChI is InChI=1S/C20H23N3O4S/c1-14(18-12-15-8-4-6-10-17(15)27-18)22-20(24)21-13-16-9-5-7-11-19(16)28(25,26)23(2)3/h4-12,14H,13H2,1-3H3,(H2,21,22,24). The summed E-state index contributed by atoms with van der Waals surface area (Å²) in [4.78, 5) is 12.5. The van der Waals surface area contributed by atoms with Crippen LogP contribution in [0.3, 0.4) is 0 Å². The van der Waals surface area contributed by atoms with Gasteiger partial charge in [0.15, 0.2) is 0 Å². The van der Waals surface area contributed by atoms with Crippen LogP contribution in [0, 0.1) is 0 Å². The summed E-state index contributed by atoms with van der Waals surface area (Å²) < 4.78 is 31.8. The summed E-state index contributed by atoms with van der Waals surface area (Å²) in [6, 6.07) is 15.4. The molecule has 148 valence electrons. The van der Waals surface area contributed by atoms with Gasteiger partial charge in [0.25, 0.3) is 0 Å². The Labute approximate surface area is 164 Å². The number of nitrogens with one attached hydrogen (secondary N) is 2. The van der Waals surface area contributed by atoms with Gasteiger partial charge in [-0.1, -0.05) is 36.4 Å². The van der Waals surface area contributed by atoms with E-state index in [1.165, 1.54) is 20.2 Å². The second-order valence-electron chi connectivity index (χ2n) is 6.63. The maximum atomic E-state index is 12.4. The molecular weight excluding hydrogens is 378 g/mol. The first-order chi connectivity index (χ1) is 13.3. The Morgan fingerprint density at radius 1 is 1.11 bits per heavy atom. The molecule has 0 radical (unpaired) electrons. The highest BCUT2D eigenvalue weighted by Gasteiger charge is 2.21. The highest BCUT2D eigenvalue weighted by molar-refractivity contribution is 7.89. The third kappa shape index (κ3) is 4.18. The molecule has 0 aliphatic rings. The molecule has 0 aliphatic heterocycles. The lowest BCUT2D eigenvalue weighted by molar-refractivity contribution is 0.236. The van der Waals surface area contributed by atoms with Crippen molar-refractivity contribution in [2.75, 3.05) is 14.1 Å². The van der Waals surface area contributed by atoms with Gasteiger partial charge in [-0.15, -0.1) is 0 Å². The number of fused-ring (bicyclic) bond motifs is 1. The van der Waals surface area contributed by atoms with E-state index in [4.69, 9.17) is 4.42 Å². The first-order valence-corrected chi connectivity index (χ1v) is 10.3. The van der Waals surface area contributed by atoms with Crippen molar-refractivity contribution in [2.45, 2.75) is 24.4 Å². The molecule has 0 saturated heterocycles. The molecule has 2 N–H and O–H groups in total. The van der Waals surface area contributed by atoms with Crippen molar-refractivity contribution >= 4 is 27.0 Å². The topological polar surface area (TPSA) is 91.7 Å². The van der Waals surface area contributed by atoms with E-state index < -0.39 is 16.1 Å².